The molecule has 0 saturated heterocycles. The summed E-state index contributed by atoms with van der Waals surface area (Å²) in [5.74, 6) is -0.687. The van der Waals surface area contributed by atoms with E-state index in [0.717, 1.165) is 19.3 Å². The average molecular weight is 502 g/mol. The van der Waals surface area contributed by atoms with E-state index in [4.69, 9.17) is 9.21 Å². The number of allylic oxidation sites excluding steroid dienone is 1. The van der Waals surface area contributed by atoms with Crippen LogP contribution in [0.3, 0.4) is 0 Å². The molecule has 0 aliphatic carbocycles. The van der Waals surface area contributed by atoms with Gasteiger partial charge in [0.1, 0.15) is 17.1 Å². The van der Waals surface area contributed by atoms with Crippen LogP contribution in [0.2, 0.25) is 0 Å². The Kier molecular flexibility index (Phi) is 17.2. The van der Waals surface area contributed by atoms with Gasteiger partial charge in [0.25, 0.3) is 6.47 Å². The number of hydrogen-bond acceptors (Lipinski definition) is 7. The number of carbonyl (C=O) groups is 2. The first-order valence-corrected chi connectivity index (χ1v) is 12.4. The number of carbonyl (C=O) groups excluding carboxylic acids is 2. The molecule has 2 N–H and O–H groups in total. The Labute approximate surface area is 215 Å². The number of benzene rings is 1. The summed E-state index contributed by atoms with van der Waals surface area (Å²) in [5.41, 5.74) is 1.88. The molecule has 0 spiro atoms. The maximum Gasteiger partial charge on any atom is 0.350 e. The van der Waals surface area contributed by atoms with E-state index in [0.29, 0.717) is 12.2 Å². The summed E-state index contributed by atoms with van der Waals surface area (Å²) in [4.78, 5) is 32.7. The number of Topliss-reactive ketones (excluding diaryl/α,β-unsaturated/α-hetero) is 1. The van der Waals surface area contributed by atoms with Crippen molar-refractivity contribution in [1.29, 1.82) is 0 Å². The van der Waals surface area contributed by atoms with Gasteiger partial charge < -0.3 is 19.6 Å². The van der Waals surface area contributed by atoms with Crippen molar-refractivity contribution < 1.29 is 23.8 Å². The zero-order valence-corrected chi connectivity index (χ0v) is 22.8. The maximum atomic E-state index is 11.9. The monoisotopic (exact) mass is 501 g/mol. The Morgan fingerprint density at radius 3 is 2.17 bits per heavy atom. The van der Waals surface area contributed by atoms with Crippen LogP contribution in [0.15, 0.2) is 51.8 Å². The molecule has 1 unspecified atom stereocenters. The van der Waals surface area contributed by atoms with Gasteiger partial charge in [-0.3, -0.25) is 9.59 Å². The SMILES string of the molecule is CCCc1ccc(CC)cc1.CN/C=C/CCC(C)c1cc(O)c(C(=O)C(C)C)c(=O)o1.COC=O. The highest BCUT2D eigenvalue weighted by Gasteiger charge is 2.22. The number of ether oxygens (including phenoxy) is 1. The normalized spacial score (nSPS) is 11.1. The number of ketones is 1. The van der Waals surface area contributed by atoms with E-state index in [-0.39, 0.29) is 23.1 Å². The molecule has 200 valence electrons. The molecule has 0 fully saturated rings. The molecule has 0 bridgehead atoms. The zero-order chi connectivity index (χ0) is 27.5. The van der Waals surface area contributed by atoms with Crippen LogP contribution in [0.5, 0.6) is 5.75 Å². The summed E-state index contributed by atoms with van der Waals surface area (Å²) in [6.07, 6.45) is 9.01. The minimum atomic E-state index is -0.763. The Morgan fingerprint density at radius 1 is 1.14 bits per heavy atom. The number of hydrogen-bond donors (Lipinski definition) is 2. The van der Waals surface area contributed by atoms with E-state index in [9.17, 15) is 14.7 Å². The topological polar surface area (TPSA) is 106 Å². The number of aryl methyl sites for hydroxylation is 2. The maximum absolute atomic E-state index is 11.9. The van der Waals surface area contributed by atoms with Gasteiger partial charge in [-0.1, -0.05) is 71.4 Å². The van der Waals surface area contributed by atoms with Crippen molar-refractivity contribution in [2.45, 2.75) is 72.6 Å². The molecule has 7 nitrogen and oxygen atoms in total. The zero-order valence-electron chi connectivity index (χ0n) is 22.8. The molecule has 1 aromatic heterocycles. The van der Waals surface area contributed by atoms with Gasteiger partial charge >= 0.3 is 5.63 Å². The largest absolute Gasteiger partial charge is 0.507 e. The van der Waals surface area contributed by atoms with Gasteiger partial charge in [-0.2, -0.15) is 0 Å². The molecule has 0 amide bonds. The Morgan fingerprint density at radius 2 is 1.72 bits per heavy atom. The van der Waals surface area contributed by atoms with Gasteiger partial charge in [0.15, 0.2) is 5.78 Å². The lowest BCUT2D eigenvalue weighted by Crippen LogP contribution is -2.19. The van der Waals surface area contributed by atoms with E-state index in [2.05, 4.69) is 48.2 Å². The standard InChI is InChI=1S/C16H23NO4.C11H16.C2H4O2/c1-10(2)15(19)14-12(18)9-13(21-16(14)20)11(3)7-5-6-8-17-4;1-3-5-11-8-6-10(4-2)7-9-11;1-4-2-3/h6,8-11,17-18H,5,7H2,1-4H3;6-9H,3-5H2,1-2H3;2H,1H3/b8-6+;;. The minimum absolute atomic E-state index is 0.0201. The molecule has 7 heteroatoms. The summed E-state index contributed by atoms with van der Waals surface area (Å²) in [6, 6.07) is 10.3. The van der Waals surface area contributed by atoms with Gasteiger partial charge in [0, 0.05) is 24.9 Å². The van der Waals surface area contributed by atoms with Gasteiger partial charge in [0.2, 0.25) is 0 Å². The Bertz CT molecular complexity index is 976. The van der Waals surface area contributed by atoms with Gasteiger partial charge in [-0.15, -0.1) is 0 Å². The quantitative estimate of drug-likeness (QED) is 0.296. The molecule has 36 heavy (non-hydrogen) atoms. The summed E-state index contributed by atoms with van der Waals surface area (Å²) in [5, 5.41) is 12.8. The van der Waals surface area contributed by atoms with E-state index in [1.165, 1.54) is 37.1 Å². The van der Waals surface area contributed by atoms with E-state index < -0.39 is 11.4 Å². The Hall–Kier alpha value is -3.35. The third-order valence-electron chi connectivity index (χ3n) is 5.32. The predicted molar refractivity (Wildman–Crippen MR) is 145 cm³/mol. The number of aromatic hydroxyl groups is 1. The molecule has 2 aromatic rings. The first kappa shape index (κ1) is 32.7. The van der Waals surface area contributed by atoms with Crippen LogP contribution in [0, 0.1) is 5.92 Å². The summed E-state index contributed by atoms with van der Waals surface area (Å²) in [6.45, 7) is 10.0. The average Bonchev–Trinajstić information content (AvgIpc) is 2.87. The van der Waals surface area contributed by atoms with Crippen molar-refractivity contribution in [3.8, 4) is 5.75 Å². The van der Waals surface area contributed by atoms with Crippen LogP contribution in [-0.4, -0.2) is 31.5 Å². The Balaban J connectivity index is 0.000000677. The molecule has 0 aliphatic rings. The van der Waals surface area contributed by atoms with Crippen LogP contribution < -0.4 is 10.9 Å². The van der Waals surface area contributed by atoms with E-state index >= 15 is 0 Å². The van der Waals surface area contributed by atoms with E-state index in [1.807, 2.05) is 26.2 Å². The second-order valence-corrected chi connectivity index (χ2v) is 8.64. The highest BCUT2D eigenvalue weighted by Crippen LogP contribution is 2.25. The lowest BCUT2D eigenvalue weighted by atomic mass is 9.99. The number of methoxy groups -OCH3 is 1. The molecule has 0 radical (unpaired) electrons. The summed E-state index contributed by atoms with van der Waals surface area (Å²) in [7, 11) is 3.13. The molecule has 1 aromatic carbocycles. The fourth-order valence-electron chi connectivity index (χ4n) is 3.18. The van der Waals surface area contributed by atoms with Gasteiger partial charge in [-0.25, -0.2) is 4.79 Å². The third kappa shape index (κ3) is 12.4. The van der Waals surface area contributed by atoms with Crippen LogP contribution in [0.4, 0.5) is 0 Å². The van der Waals surface area contributed by atoms with Crippen LogP contribution in [-0.2, 0) is 22.4 Å². The predicted octanol–water partition coefficient (Wildman–Crippen LogP) is 5.79. The molecule has 1 heterocycles. The van der Waals surface area contributed by atoms with Crippen molar-refractivity contribution in [1.82, 2.24) is 5.32 Å². The molecular formula is C29H43NO6. The second kappa shape index (κ2) is 18.9. The molecule has 1 atom stereocenters. The number of nitrogens with one attached hydrogen (secondary N) is 1. The minimum Gasteiger partial charge on any atom is -0.507 e. The lowest BCUT2D eigenvalue weighted by Gasteiger charge is -2.11. The fraction of sp³-hybridized carbons (Fsp3) is 0.483. The first-order chi connectivity index (χ1) is 17.2. The molecule has 0 saturated carbocycles. The van der Waals surface area contributed by atoms with Gasteiger partial charge in [-0.05, 0) is 43.0 Å². The molecule has 0 aliphatic heterocycles. The smallest absolute Gasteiger partial charge is 0.350 e. The fourth-order valence-corrected chi connectivity index (χ4v) is 3.18. The number of rotatable bonds is 11. The third-order valence-corrected chi connectivity index (χ3v) is 5.32. The van der Waals surface area contributed by atoms with Crippen LogP contribution >= 0.6 is 0 Å². The van der Waals surface area contributed by atoms with Gasteiger partial charge in [0.05, 0.1) is 7.11 Å². The highest BCUT2D eigenvalue weighted by molar-refractivity contribution is 5.99. The van der Waals surface area contributed by atoms with Crippen molar-refractivity contribution in [2.75, 3.05) is 14.2 Å². The van der Waals surface area contributed by atoms with Crippen molar-refractivity contribution in [3.05, 3.63) is 75.5 Å². The first-order valence-electron chi connectivity index (χ1n) is 12.4. The van der Waals surface area contributed by atoms with Crippen LogP contribution in [0.25, 0.3) is 0 Å². The second-order valence-electron chi connectivity index (χ2n) is 8.64. The summed E-state index contributed by atoms with van der Waals surface area (Å²) < 4.78 is 9.06. The van der Waals surface area contributed by atoms with Crippen molar-refractivity contribution in [3.63, 3.8) is 0 Å². The highest BCUT2D eigenvalue weighted by atomic mass is 16.5. The van der Waals surface area contributed by atoms with Crippen molar-refractivity contribution >= 4 is 12.3 Å². The van der Waals surface area contributed by atoms with Crippen LogP contribution in [0.1, 0.15) is 87.0 Å². The summed E-state index contributed by atoms with van der Waals surface area (Å²) >= 11 is 0. The van der Waals surface area contributed by atoms with Crippen molar-refractivity contribution in [2.24, 2.45) is 5.92 Å². The molecular weight excluding hydrogens is 458 g/mol. The molecule has 2 rings (SSSR count). The lowest BCUT2D eigenvalue weighted by molar-refractivity contribution is -0.126. The van der Waals surface area contributed by atoms with E-state index in [1.54, 1.807) is 13.8 Å².